The van der Waals surface area contributed by atoms with E-state index in [0.717, 1.165) is 35.5 Å². The molecule has 2 aliphatic heterocycles. The van der Waals surface area contributed by atoms with E-state index in [1.807, 2.05) is 42.6 Å². The highest BCUT2D eigenvalue weighted by Crippen LogP contribution is 2.28. The van der Waals surface area contributed by atoms with Crippen molar-refractivity contribution in [3.8, 4) is 11.1 Å². The summed E-state index contributed by atoms with van der Waals surface area (Å²) < 4.78 is 33.5. The fraction of sp³-hybridized carbons (Fsp3) is 0.304. The Hall–Kier alpha value is -2.52. The van der Waals surface area contributed by atoms with Gasteiger partial charge in [-0.3, -0.25) is 0 Å². The molecule has 0 aliphatic carbocycles. The highest BCUT2D eigenvalue weighted by molar-refractivity contribution is 7.89. The number of sulfonamides is 1. The molecule has 166 valence electrons. The van der Waals surface area contributed by atoms with Crippen LogP contribution in [0.4, 0.5) is 5.95 Å². The van der Waals surface area contributed by atoms with Gasteiger partial charge in [0.15, 0.2) is 0 Å². The van der Waals surface area contributed by atoms with Crippen LogP contribution in [-0.2, 0) is 27.7 Å². The number of benzene rings is 2. The van der Waals surface area contributed by atoms with Gasteiger partial charge < -0.3 is 9.64 Å². The molecular formula is C23H23ClN4O3S. The molecule has 0 spiro atoms. The van der Waals surface area contributed by atoms with E-state index in [4.69, 9.17) is 21.3 Å². The van der Waals surface area contributed by atoms with Crippen molar-refractivity contribution in [2.75, 3.05) is 37.7 Å². The van der Waals surface area contributed by atoms with Crippen molar-refractivity contribution in [3.05, 3.63) is 71.0 Å². The first-order valence-electron chi connectivity index (χ1n) is 10.5. The molecule has 3 heterocycles. The summed E-state index contributed by atoms with van der Waals surface area (Å²) in [6, 6.07) is 14.4. The molecule has 1 fully saturated rings. The van der Waals surface area contributed by atoms with E-state index in [1.54, 1.807) is 12.1 Å². The molecular weight excluding hydrogens is 448 g/mol. The normalized spacial score (nSPS) is 17.2. The van der Waals surface area contributed by atoms with Gasteiger partial charge in [-0.25, -0.2) is 18.4 Å². The first-order chi connectivity index (χ1) is 15.5. The van der Waals surface area contributed by atoms with Gasteiger partial charge in [0.2, 0.25) is 16.0 Å². The van der Waals surface area contributed by atoms with E-state index < -0.39 is 10.0 Å². The molecule has 1 saturated heterocycles. The molecule has 3 aromatic rings. The van der Waals surface area contributed by atoms with Crippen LogP contribution in [0.25, 0.3) is 11.1 Å². The van der Waals surface area contributed by atoms with Crippen molar-refractivity contribution in [1.29, 1.82) is 0 Å². The van der Waals surface area contributed by atoms with Crippen molar-refractivity contribution in [2.45, 2.75) is 17.9 Å². The maximum Gasteiger partial charge on any atom is 0.243 e. The molecule has 32 heavy (non-hydrogen) atoms. The molecule has 2 aliphatic rings. The van der Waals surface area contributed by atoms with Gasteiger partial charge >= 0.3 is 0 Å². The first-order valence-corrected chi connectivity index (χ1v) is 12.4. The second kappa shape index (κ2) is 8.78. The SMILES string of the molecule is O=S(=O)(c1ccc(-c2cccc(Cl)c2)cc1)N1CCc2cnc(N3CCOCC3)nc2C1. The Labute approximate surface area is 192 Å². The molecule has 0 N–H and O–H groups in total. The van der Waals surface area contributed by atoms with Gasteiger partial charge in [-0.2, -0.15) is 4.31 Å². The number of ether oxygens (including phenoxy) is 1. The molecule has 5 rings (SSSR count). The van der Waals surface area contributed by atoms with Crippen LogP contribution < -0.4 is 4.90 Å². The van der Waals surface area contributed by atoms with Gasteiger partial charge in [-0.1, -0.05) is 35.9 Å². The van der Waals surface area contributed by atoms with E-state index in [9.17, 15) is 8.42 Å². The number of hydrogen-bond donors (Lipinski definition) is 0. The minimum absolute atomic E-state index is 0.244. The minimum atomic E-state index is -3.64. The Morgan fingerprint density at radius 2 is 1.75 bits per heavy atom. The highest BCUT2D eigenvalue weighted by atomic mass is 35.5. The lowest BCUT2D eigenvalue weighted by Gasteiger charge is -2.30. The maximum atomic E-state index is 13.3. The number of fused-ring (bicyclic) bond motifs is 1. The molecule has 0 unspecified atom stereocenters. The average molecular weight is 471 g/mol. The Morgan fingerprint density at radius 1 is 0.969 bits per heavy atom. The standard InChI is InChI=1S/C23H23ClN4O3S/c24-20-3-1-2-18(14-20)17-4-6-21(7-5-17)32(29,30)28-9-8-19-15-25-23(26-22(19)16-28)27-10-12-31-13-11-27/h1-7,14-15H,8-13,16H2. The number of rotatable bonds is 4. The zero-order valence-corrected chi connectivity index (χ0v) is 19.0. The van der Waals surface area contributed by atoms with Crippen LogP contribution in [0.5, 0.6) is 0 Å². The van der Waals surface area contributed by atoms with Gasteiger partial charge in [0, 0.05) is 30.9 Å². The predicted molar refractivity (Wildman–Crippen MR) is 123 cm³/mol. The van der Waals surface area contributed by atoms with Crippen LogP contribution >= 0.6 is 11.6 Å². The molecule has 7 nitrogen and oxygen atoms in total. The van der Waals surface area contributed by atoms with Gasteiger partial charge in [-0.15, -0.1) is 0 Å². The fourth-order valence-corrected chi connectivity index (χ4v) is 5.62. The van der Waals surface area contributed by atoms with E-state index in [2.05, 4.69) is 9.88 Å². The van der Waals surface area contributed by atoms with E-state index in [1.165, 1.54) is 4.31 Å². The predicted octanol–water partition coefficient (Wildman–Crippen LogP) is 3.38. The summed E-state index contributed by atoms with van der Waals surface area (Å²) >= 11 is 6.08. The summed E-state index contributed by atoms with van der Waals surface area (Å²) in [6.07, 6.45) is 2.43. The number of hydrogen-bond acceptors (Lipinski definition) is 6. The Kier molecular flexibility index (Phi) is 5.86. The Morgan fingerprint density at radius 3 is 2.50 bits per heavy atom. The molecule has 0 bridgehead atoms. The summed E-state index contributed by atoms with van der Waals surface area (Å²) in [5, 5.41) is 0.643. The van der Waals surface area contributed by atoms with Crippen molar-refractivity contribution in [3.63, 3.8) is 0 Å². The Bertz CT molecular complexity index is 1230. The summed E-state index contributed by atoms with van der Waals surface area (Å²) in [4.78, 5) is 11.5. The van der Waals surface area contributed by atoms with Crippen molar-refractivity contribution < 1.29 is 13.2 Å². The number of morpholine rings is 1. The largest absolute Gasteiger partial charge is 0.378 e. The van der Waals surface area contributed by atoms with Crippen LogP contribution in [0.15, 0.2) is 59.6 Å². The molecule has 0 atom stereocenters. The second-order valence-corrected chi connectivity index (χ2v) is 10.2. The van der Waals surface area contributed by atoms with E-state index >= 15 is 0 Å². The lowest BCUT2D eigenvalue weighted by Crippen LogP contribution is -2.39. The minimum Gasteiger partial charge on any atom is -0.378 e. The van der Waals surface area contributed by atoms with Gasteiger partial charge in [0.1, 0.15) is 0 Å². The average Bonchev–Trinajstić information content (AvgIpc) is 2.84. The topological polar surface area (TPSA) is 75.6 Å². The van der Waals surface area contributed by atoms with Crippen molar-refractivity contribution >= 4 is 27.6 Å². The number of nitrogens with zero attached hydrogens (tertiary/aromatic N) is 4. The van der Waals surface area contributed by atoms with Crippen molar-refractivity contribution in [1.82, 2.24) is 14.3 Å². The quantitative estimate of drug-likeness (QED) is 0.582. The molecule has 9 heteroatoms. The third-order valence-corrected chi connectivity index (χ3v) is 7.94. The van der Waals surface area contributed by atoms with Crippen LogP contribution in [0.1, 0.15) is 11.3 Å². The number of anilines is 1. The molecule has 0 radical (unpaired) electrons. The summed E-state index contributed by atoms with van der Waals surface area (Å²) in [5.74, 6) is 0.636. The smallest absolute Gasteiger partial charge is 0.243 e. The van der Waals surface area contributed by atoms with E-state index in [0.29, 0.717) is 37.2 Å². The zero-order valence-electron chi connectivity index (χ0n) is 17.4. The Balaban J connectivity index is 1.37. The third kappa shape index (κ3) is 4.23. The van der Waals surface area contributed by atoms with E-state index in [-0.39, 0.29) is 11.4 Å². The summed E-state index contributed by atoms with van der Waals surface area (Å²) in [7, 11) is -3.64. The molecule has 0 amide bonds. The van der Waals surface area contributed by atoms with Gasteiger partial charge in [-0.05, 0) is 47.4 Å². The molecule has 2 aromatic carbocycles. The number of halogens is 1. The van der Waals surface area contributed by atoms with Crippen LogP contribution in [-0.4, -0.2) is 55.5 Å². The number of aromatic nitrogens is 2. The summed E-state index contributed by atoms with van der Waals surface area (Å²) in [5.41, 5.74) is 3.63. The highest BCUT2D eigenvalue weighted by Gasteiger charge is 2.30. The van der Waals surface area contributed by atoms with Crippen LogP contribution in [0.2, 0.25) is 5.02 Å². The lowest BCUT2D eigenvalue weighted by molar-refractivity contribution is 0.122. The monoisotopic (exact) mass is 470 g/mol. The van der Waals surface area contributed by atoms with Gasteiger partial charge in [0.05, 0.1) is 30.3 Å². The third-order valence-electron chi connectivity index (χ3n) is 5.84. The second-order valence-electron chi connectivity index (χ2n) is 7.86. The van der Waals surface area contributed by atoms with Crippen LogP contribution in [0, 0.1) is 0 Å². The van der Waals surface area contributed by atoms with Gasteiger partial charge in [0.25, 0.3) is 0 Å². The first kappa shape index (κ1) is 21.3. The maximum absolute atomic E-state index is 13.3. The summed E-state index contributed by atoms with van der Waals surface area (Å²) in [6.45, 7) is 3.41. The lowest BCUT2D eigenvalue weighted by atomic mass is 10.1. The van der Waals surface area contributed by atoms with Crippen LogP contribution in [0.3, 0.4) is 0 Å². The van der Waals surface area contributed by atoms with Crippen molar-refractivity contribution in [2.24, 2.45) is 0 Å². The molecule has 1 aromatic heterocycles. The molecule has 0 saturated carbocycles. The zero-order chi connectivity index (χ0) is 22.1. The fourth-order valence-electron chi connectivity index (χ4n) is 4.03.